The molecule has 146 valence electrons. The van der Waals surface area contributed by atoms with Gasteiger partial charge in [0.15, 0.2) is 5.76 Å². The average molecular weight is 387 g/mol. The number of halogens is 3. The van der Waals surface area contributed by atoms with Crippen molar-refractivity contribution < 1.29 is 32.1 Å². The monoisotopic (exact) mass is 387 g/mol. The molecule has 1 N–H and O–H groups in total. The minimum atomic E-state index is -4.47. The third kappa shape index (κ3) is 7.18. The lowest BCUT2D eigenvalue weighted by molar-refractivity contribution is -0.402. The number of hydrogen-bond acceptors (Lipinski definition) is 5. The van der Waals surface area contributed by atoms with E-state index in [-0.39, 0.29) is 17.9 Å². The van der Waals surface area contributed by atoms with E-state index in [1.807, 2.05) is 0 Å². The highest BCUT2D eigenvalue weighted by Crippen LogP contribution is 2.29. The van der Waals surface area contributed by atoms with Crippen molar-refractivity contribution in [3.05, 3.63) is 63.4 Å². The molecule has 11 heteroatoms. The van der Waals surface area contributed by atoms with E-state index in [1.165, 1.54) is 17.0 Å². The van der Waals surface area contributed by atoms with Crippen LogP contribution >= 0.6 is 0 Å². The van der Waals surface area contributed by atoms with Crippen LogP contribution in [0.3, 0.4) is 0 Å². The predicted molar refractivity (Wildman–Crippen MR) is 87.7 cm³/mol. The number of benzene rings is 1. The highest BCUT2D eigenvalue weighted by Gasteiger charge is 2.30. The molecule has 1 aromatic carbocycles. The molecular weight excluding hydrogens is 371 g/mol. The number of hydrogen-bond donors (Lipinski definition) is 1. The normalized spacial score (nSPS) is 10.4. The van der Waals surface area contributed by atoms with Gasteiger partial charge in [0.2, 0.25) is 6.41 Å². The first-order valence-electron chi connectivity index (χ1n) is 7.35. The van der Waals surface area contributed by atoms with E-state index < -0.39 is 28.5 Å². The van der Waals surface area contributed by atoms with Crippen LogP contribution < -0.4 is 5.32 Å². The van der Waals surface area contributed by atoms with Gasteiger partial charge in [-0.3, -0.25) is 19.7 Å². The van der Waals surface area contributed by atoms with Crippen LogP contribution in [0.15, 0.2) is 40.8 Å². The zero-order valence-electron chi connectivity index (χ0n) is 14.3. The van der Waals surface area contributed by atoms with E-state index in [1.54, 1.807) is 14.1 Å². The molecule has 0 aliphatic heterocycles. The van der Waals surface area contributed by atoms with Gasteiger partial charge in [-0.1, -0.05) is 12.1 Å². The summed E-state index contributed by atoms with van der Waals surface area (Å²) < 4.78 is 42.3. The van der Waals surface area contributed by atoms with Crippen molar-refractivity contribution >= 4 is 18.2 Å². The molecule has 0 saturated heterocycles. The van der Waals surface area contributed by atoms with Crippen molar-refractivity contribution in [1.82, 2.24) is 10.2 Å². The summed E-state index contributed by atoms with van der Waals surface area (Å²) in [7, 11) is 3.38. The molecule has 2 amide bonds. The predicted octanol–water partition coefficient (Wildman–Crippen LogP) is 2.84. The lowest BCUT2D eigenvalue weighted by Crippen LogP contribution is -2.22. The first kappa shape index (κ1) is 21.7. The Morgan fingerprint density at radius 3 is 2.41 bits per heavy atom. The molecule has 0 spiro atoms. The molecule has 0 saturated carbocycles. The number of rotatable bonds is 5. The second-order valence-corrected chi connectivity index (χ2v) is 5.34. The number of nitro groups is 1. The van der Waals surface area contributed by atoms with Gasteiger partial charge < -0.3 is 14.6 Å². The molecule has 1 aromatic heterocycles. The van der Waals surface area contributed by atoms with E-state index in [0.29, 0.717) is 0 Å². The molecule has 0 bridgehead atoms. The summed E-state index contributed by atoms with van der Waals surface area (Å²) in [5.41, 5.74) is -0.586. The number of carbonyl (C=O) groups excluding carboxylic acids is 2. The van der Waals surface area contributed by atoms with Crippen molar-refractivity contribution in [2.24, 2.45) is 0 Å². The maximum absolute atomic E-state index is 12.5. The summed E-state index contributed by atoms with van der Waals surface area (Å²) in [6.07, 6.45) is -3.72. The Hall–Kier alpha value is -3.37. The van der Waals surface area contributed by atoms with Gasteiger partial charge in [-0.15, -0.1) is 0 Å². The largest absolute Gasteiger partial charge is 0.433 e. The highest BCUT2D eigenvalue weighted by molar-refractivity contribution is 5.91. The number of furan rings is 1. The number of carbonyl (C=O) groups is 2. The fourth-order valence-electron chi connectivity index (χ4n) is 1.67. The molecule has 8 nitrogen and oxygen atoms in total. The Morgan fingerprint density at radius 1 is 1.30 bits per heavy atom. The van der Waals surface area contributed by atoms with E-state index in [9.17, 15) is 32.9 Å². The van der Waals surface area contributed by atoms with Gasteiger partial charge in [-0.25, -0.2) is 0 Å². The van der Waals surface area contributed by atoms with Crippen molar-refractivity contribution in [2.75, 3.05) is 14.1 Å². The molecule has 2 rings (SSSR count). The molecule has 2 aromatic rings. The minimum Gasteiger partial charge on any atom is -0.395 e. The van der Waals surface area contributed by atoms with Gasteiger partial charge in [-0.05, 0) is 23.8 Å². The lowest BCUT2D eigenvalue weighted by atomic mass is 10.1. The second kappa shape index (κ2) is 9.36. The van der Waals surface area contributed by atoms with Crippen LogP contribution in [-0.4, -0.2) is 36.2 Å². The second-order valence-electron chi connectivity index (χ2n) is 5.34. The number of alkyl halides is 3. The van der Waals surface area contributed by atoms with Crippen LogP contribution in [0.2, 0.25) is 0 Å². The maximum Gasteiger partial charge on any atom is 0.433 e. The van der Waals surface area contributed by atoms with Gasteiger partial charge >= 0.3 is 12.1 Å². The molecule has 1 heterocycles. The topological polar surface area (TPSA) is 106 Å². The summed E-state index contributed by atoms with van der Waals surface area (Å²) in [5, 5.41) is 12.7. The van der Waals surface area contributed by atoms with E-state index in [4.69, 9.17) is 0 Å². The van der Waals surface area contributed by atoms with Crippen LogP contribution in [0.5, 0.6) is 0 Å². The van der Waals surface area contributed by atoms with Gasteiger partial charge in [0, 0.05) is 20.6 Å². The fourth-order valence-corrected chi connectivity index (χ4v) is 1.67. The minimum absolute atomic E-state index is 0.169. The van der Waals surface area contributed by atoms with E-state index in [2.05, 4.69) is 9.73 Å². The van der Waals surface area contributed by atoms with Crippen LogP contribution in [0.4, 0.5) is 19.1 Å². The smallest absolute Gasteiger partial charge is 0.395 e. The molecule has 0 atom stereocenters. The Kier molecular flexibility index (Phi) is 7.51. The third-order valence-electron chi connectivity index (χ3n) is 2.91. The zero-order chi connectivity index (χ0) is 20.6. The van der Waals surface area contributed by atoms with Gasteiger partial charge in [0.1, 0.15) is 4.92 Å². The molecule has 0 fully saturated rings. The lowest BCUT2D eigenvalue weighted by Gasteiger charge is -2.09. The van der Waals surface area contributed by atoms with E-state index in [0.717, 1.165) is 30.7 Å². The van der Waals surface area contributed by atoms with E-state index >= 15 is 0 Å². The number of nitrogens with one attached hydrogen (secondary N) is 1. The van der Waals surface area contributed by atoms with Crippen molar-refractivity contribution in [2.45, 2.75) is 12.7 Å². The first-order valence-corrected chi connectivity index (χ1v) is 7.35. The molecular formula is C16H16F3N3O5. The zero-order valence-corrected chi connectivity index (χ0v) is 14.3. The van der Waals surface area contributed by atoms with Gasteiger partial charge in [-0.2, -0.15) is 13.2 Å². The summed E-state index contributed by atoms with van der Waals surface area (Å²) in [6, 6.07) is 6.59. The molecule has 0 aliphatic carbocycles. The van der Waals surface area contributed by atoms with Crippen LogP contribution in [-0.2, 0) is 17.5 Å². The Balaban J connectivity index is 0.000000646. The number of amides is 2. The Morgan fingerprint density at radius 2 is 1.93 bits per heavy atom. The highest BCUT2D eigenvalue weighted by atomic mass is 19.4. The van der Waals surface area contributed by atoms with Crippen LogP contribution in [0.1, 0.15) is 21.7 Å². The SMILES string of the molecule is CN(C)C=O.O=C(NCc1cccc(C(F)(F)F)c1)c1ccc([N+](=O)[O-])o1. The Labute approximate surface area is 151 Å². The summed E-state index contributed by atoms with van der Waals surface area (Å²) in [6.45, 7) is -0.169. The van der Waals surface area contributed by atoms with Gasteiger partial charge in [0.25, 0.3) is 5.91 Å². The van der Waals surface area contributed by atoms with Crippen LogP contribution in [0.25, 0.3) is 0 Å². The maximum atomic E-state index is 12.5. The van der Waals surface area contributed by atoms with Gasteiger partial charge in [0.05, 0.1) is 11.6 Å². The third-order valence-corrected chi connectivity index (χ3v) is 2.91. The van der Waals surface area contributed by atoms with Crippen molar-refractivity contribution in [3.8, 4) is 0 Å². The molecule has 0 aliphatic rings. The standard InChI is InChI=1S/C13H9F3N2O4.C3H7NO/c14-13(15,16)9-3-1-2-8(6-9)7-17-12(19)10-4-5-11(22-10)18(20)21;1-4(2)3-5/h1-6H,7H2,(H,17,19);3H,1-2H3. The summed E-state index contributed by atoms with van der Waals surface area (Å²) in [4.78, 5) is 32.2. The number of nitrogens with zero attached hydrogens (tertiary/aromatic N) is 2. The molecule has 0 radical (unpaired) electrons. The summed E-state index contributed by atoms with van der Waals surface area (Å²) in [5.74, 6) is -1.64. The fraction of sp³-hybridized carbons (Fsp3) is 0.250. The van der Waals surface area contributed by atoms with Crippen molar-refractivity contribution in [3.63, 3.8) is 0 Å². The molecule has 27 heavy (non-hydrogen) atoms. The quantitative estimate of drug-likeness (QED) is 0.482. The summed E-state index contributed by atoms with van der Waals surface area (Å²) >= 11 is 0. The Bertz CT molecular complexity index is 803. The van der Waals surface area contributed by atoms with Crippen LogP contribution in [0, 0.1) is 10.1 Å². The first-order chi connectivity index (χ1) is 12.5. The van der Waals surface area contributed by atoms with Crippen molar-refractivity contribution in [1.29, 1.82) is 0 Å². The average Bonchev–Trinajstić information content (AvgIpc) is 3.10. The molecule has 0 unspecified atom stereocenters.